The highest BCUT2D eigenvalue weighted by Crippen LogP contribution is 2.26. The molecule has 108 valence electrons. The van der Waals surface area contributed by atoms with E-state index in [4.69, 9.17) is 0 Å². The fourth-order valence-corrected chi connectivity index (χ4v) is 4.16. The van der Waals surface area contributed by atoms with E-state index in [9.17, 15) is 21.4 Å². The maximum Gasteiger partial charge on any atom is 0.207 e. The molecule has 0 spiro atoms. The predicted molar refractivity (Wildman–Crippen MR) is 72.3 cm³/mol. The van der Waals surface area contributed by atoms with Crippen molar-refractivity contribution in [3.63, 3.8) is 0 Å². The monoisotopic (exact) mass is 315 g/mol. The summed E-state index contributed by atoms with van der Waals surface area (Å²) in [5.41, 5.74) is 0. The molecule has 0 aliphatic carbocycles. The van der Waals surface area contributed by atoms with Crippen LogP contribution in [0.4, 0.5) is 0 Å². The SMILES string of the molecule is O=S(=O)([O-])c1ccccc1S(=O)(=O)c1ccccc1.[NH4+]. The van der Waals surface area contributed by atoms with Crippen LogP contribution in [0.3, 0.4) is 0 Å². The number of sulfone groups is 1. The summed E-state index contributed by atoms with van der Waals surface area (Å²) in [6.07, 6.45) is 0. The van der Waals surface area contributed by atoms with Crippen molar-refractivity contribution in [2.24, 2.45) is 0 Å². The molecule has 2 aromatic rings. The molecule has 4 N–H and O–H groups in total. The Balaban J connectivity index is 0.00000200. The molecule has 2 aromatic carbocycles. The van der Waals surface area contributed by atoms with Crippen LogP contribution in [-0.4, -0.2) is 21.4 Å². The molecule has 0 unspecified atom stereocenters. The van der Waals surface area contributed by atoms with Gasteiger partial charge in [-0.05, 0) is 24.3 Å². The molecule has 2 rings (SSSR count). The molecule has 20 heavy (non-hydrogen) atoms. The minimum Gasteiger partial charge on any atom is -0.744 e. The first-order valence-electron chi connectivity index (χ1n) is 5.18. The van der Waals surface area contributed by atoms with Crippen LogP contribution in [0.15, 0.2) is 69.3 Å². The predicted octanol–water partition coefficient (Wildman–Crippen LogP) is 1.80. The van der Waals surface area contributed by atoms with Crippen LogP contribution in [-0.2, 0) is 20.0 Å². The van der Waals surface area contributed by atoms with Gasteiger partial charge in [-0.3, -0.25) is 0 Å². The molecule has 6 nitrogen and oxygen atoms in total. The van der Waals surface area contributed by atoms with Crippen molar-refractivity contribution in [3.05, 3.63) is 54.6 Å². The number of hydrogen-bond donors (Lipinski definition) is 1. The Morgan fingerprint density at radius 3 is 1.65 bits per heavy atom. The Kier molecular flexibility index (Phi) is 4.66. The Morgan fingerprint density at radius 2 is 1.15 bits per heavy atom. The topological polar surface area (TPSA) is 128 Å². The van der Waals surface area contributed by atoms with E-state index < -0.39 is 29.7 Å². The van der Waals surface area contributed by atoms with Gasteiger partial charge in [0.25, 0.3) is 0 Å². The Morgan fingerprint density at radius 1 is 0.700 bits per heavy atom. The first-order valence-corrected chi connectivity index (χ1v) is 8.08. The zero-order valence-corrected chi connectivity index (χ0v) is 12.2. The molecule has 8 heteroatoms. The Hall–Kier alpha value is -1.74. The van der Waals surface area contributed by atoms with Gasteiger partial charge in [-0.1, -0.05) is 30.3 Å². The second-order valence-corrected chi connectivity index (χ2v) is 6.98. The lowest BCUT2D eigenvalue weighted by atomic mass is 10.4. The third-order valence-electron chi connectivity index (χ3n) is 2.46. The first-order chi connectivity index (χ1) is 8.83. The number of rotatable bonds is 3. The minimum absolute atomic E-state index is 0. The molecule has 0 amide bonds. The Bertz CT molecular complexity index is 799. The van der Waals surface area contributed by atoms with Gasteiger partial charge in [-0.25, -0.2) is 16.8 Å². The van der Waals surface area contributed by atoms with E-state index in [0.717, 1.165) is 12.1 Å². The van der Waals surface area contributed by atoms with E-state index in [-0.39, 0.29) is 11.0 Å². The highest BCUT2D eigenvalue weighted by molar-refractivity contribution is 7.92. The van der Waals surface area contributed by atoms with E-state index in [2.05, 4.69) is 0 Å². The van der Waals surface area contributed by atoms with Gasteiger partial charge >= 0.3 is 0 Å². The fraction of sp³-hybridized carbons (Fsp3) is 0. The summed E-state index contributed by atoms with van der Waals surface area (Å²) in [5, 5.41) is 0. The number of quaternary nitrogens is 1. The summed E-state index contributed by atoms with van der Waals surface area (Å²) in [6.45, 7) is 0. The smallest absolute Gasteiger partial charge is 0.207 e. The molecule has 0 saturated heterocycles. The molecule has 0 fully saturated rings. The zero-order chi connectivity index (χ0) is 14.1. The molecule has 0 aromatic heterocycles. The lowest BCUT2D eigenvalue weighted by Gasteiger charge is -2.13. The molecule has 0 heterocycles. The van der Waals surface area contributed by atoms with E-state index >= 15 is 0 Å². The van der Waals surface area contributed by atoms with Crippen molar-refractivity contribution >= 4 is 20.0 Å². The van der Waals surface area contributed by atoms with Crippen LogP contribution in [0, 0.1) is 0 Å². The number of benzene rings is 2. The molecule has 0 atom stereocenters. The van der Waals surface area contributed by atoms with E-state index in [1.54, 1.807) is 6.07 Å². The normalized spacial score (nSPS) is 11.7. The average molecular weight is 315 g/mol. The molecule has 0 aliphatic rings. The van der Waals surface area contributed by atoms with Gasteiger partial charge in [0.1, 0.15) is 10.1 Å². The van der Waals surface area contributed by atoms with Crippen LogP contribution in [0.1, 0.15) is 0 Å². The van der Waals surface area contributed by atoms with Gasteiger partial charge in [0.2, 0.25) is 9.84 Å². The van der Waals surface area contributed by atoms with Gasteiger partial charge in [-0.15, -0.1) is 0 Å². The maximum atomic E-state index is 12.3. The third kappa shape index (κ3) is 3.05. The summed E-state index contributed by atoms with van der Waals surface area (Å²) in [5.74, 6) is 0. The van der Waals surface area contributed by atoms with Crippen molar-refractivity contribution in [2.75, 3.05) is 0 Å². The minimum atomic E-state index is -4.85. The maximum absolute atomic E-state index is 12.3. The molecule has 0 saturated carbocycles. The van der Waals surface area contributed by atoms with Crippen LogP contribution < -0.4 is 6.15 Å². The first kappa shape index (κ1) is 16.3. The van der Waals surface area contributed by atoms with Gasteiger partial charge in [0, 0.05) is 0 Å². The summed E-state index contributed by atoms with van der Waals surface area (Å²) in [4.78, 5) is -1.30. The van der Waals surface area contributed by atoms with Crippen molar-refractivity contribution < 1.29 is 21.4 Å². The quantitative estimate of drug-likeness (QED) is 0.863. The van der Waals surface area contributed by atoms with Crippen molar-refractivity contribution in [1.29, 1.82) is 0 Å². The van der Waals surface area contributed by atoms with E-state index in [0.29, 0.717) is 0 Å². The number of hydrogen-bond acceptors (Lipinski definition) is 5. The van der Waals surface area contributed by atoms with Crippen LogP contribution >= 0.6 is 0 Å². The van der Waals surface area contributed by atoms with E-state index in [1.807, 2.05) is 0 Å². The van der Waals surface area contributed by atoms with Gasteiger partial charge in [-0.2, -0.15) is 0 Å². The lowest BCUT2D eigenvalue weighted by molar-refractivity contribution is 0.460. The van der Waals surface area contributed by atoms with Gasteiger partial charge in [0.15, 0.2) is 0 Å². The molecule has 0 radical (unpaired) electrons. The fourth-order valence-electron chi connectivity index (χ4n) is 1.61. The van der Waals surface area contributed by atoms with E-state index in [1.165, 1.54) is 36.4 Å². The molecular weight excluding hydrogens is 302 g/mol. The highest BCUT2D eigenvalue weighted by atomic mass is 32.2. The third-order valence-corrected chi connectivity index (χ3v) is 5.31. The zero-order valence-electron chi connectivity index (χ0n) is 10.6. The summed E-state index contributed by atoms with van der Waals surface area (Å²) >= 11 is 0. The molecule has 0 aliphatic heterocycles. The summed E-state index contributed by atoms with van der Waals surface area (Å²) in [7, 11) is -8.89. The van der Waals surface area contributed by atoms with Gasteiger partial charge < -0.3 is 10.7 Å². The lowest BCUT2D eigenvalue weighted by Crippen LogP contribution is -2.09. The van der Waals surface area contributed by atoms with Crippen molar-refractivity contribution in [3.8, 4) is 0 Å². The highest BCUT2D eigenvalue weighted by Gasteiger charge is 2.23. The van der Waals surface area contributed by atoms with Crippen LogP contribution in [0.5, 0.6) is 0 Å². The summed E-state index contributed by atoms with van der Waals surface area (Å²) in [6, 6.07) is 12.1. The second-order valence-electron chi connectivity index (χ2n) is 3.72. The standard InChI is InChI=1S/C12H10O5S2.H3N/c13-18(14,10-6-2-1-3-7-10)11-8-4-5-9-12(11)19(15,16)17;/h1-9H,(H,15,16,17);1H3. The Labute approximate surface area is 117 Å². The average Bonchev–Trinajstić information content (AvgIpc) is 2.39. The van der Waals surface area contributed by atoms with Crippen LogP contribution in [0.25, 0.3) is 0 Å². The molecule has 0 bridgehead atoms. The second kappa shape index (κ2) is 5.71. The molecular formula is C12H13NO5S2. The summed E-state index contributed by atoms with van der Waals surface area (Å²) < 4.78 is 57.9. The van der Waals surface area contributed by atoms with Gasteiger partial charge in [0.05, 0.1) is 14.7 Å². The van der Waals surface area contributed by atoms with Crippen molar-refractivity contribution in [2.45, 2.75) is 14.7 Å². The largest absolute Gasteiger partial charge is 0.744 e. The van der Waals surface area contributed by atoms with Crippen LogP contribution in [0.2, 0.25) is 0 Å². The van der Waals surface area contributed by atoms with Crippen molar-refractivity contribution in [1.82, 2.24) is 6.15 Å².